The van der Waals surface area contributed by atoms with E-state index in [1.807, 2.05) is 0 Å². The first-order chi connectivity index (χ1) is 27.3. The van der Waals surface area contributed by atoms with Crippen LogP contribution < -0.4 is 24.8 Å². The van der Waals surface area contributed by atoms with Gasteiger partial charge in [0.2, 0.25) is 0 Å². The predicted molar refractivity (Wildman–Crippen MR) is 243 cm³/mol. The first-order valence-electron chi connectivity index (χ1n) is 21.1. The van der Waals surface area contributed by atoms with E-state index in [1.54, 1.807) is 23.3 Å². The van der Waals surface area contributed by atoms with Crippen LogP contribution in [-0.4, -0.2) is 5.43 Å². The molecule has 10 rings (SSSR count). The molecule has 0 N–H and O–H groups in total. The summed E-state index contributed by atoms with van der Waals surface area (Å²) >= 11 is 1.74. The molecule has 0 spiro atoms. The normalized spacial score (nSPS) is 14.9. The first-order valence-corrected chi connectivity index (χ1v) is 27.3. The van der Waals surface area contributed by atoms with Crippen molar-refractivity contribution in [1.82, 2.24) is 0 Å². The molecule has 2 aliphatic rings. The Hall–Kier alpha value is -3.26. The van der Waals surface area contributed by atoms with Crippen molar-refractivity contribution in [3.8, 4) is 22.3 Å². The molecular formula is C54H56Cl2SiZr-2. The molecule has 0 bridgehead atoms. The Morgan fingerprint density at radius 2 is 0.810 bits per heavy atom. The van der Waals surface area contributed by atoms with Crippen LogP contribution in [0.5, 0.6) is 0 Å². The van der Waals surface area contributed by atoms with Crippen LogP contribution in [0.3, 0.4) is 0 Å². The average molecular weight is 895 g/mol. The van der Waals surface area contributed by atoms with Crippen LogP contribution in [0.4, 0.5) is 0 Å². The van der Waals surface area contributed by atoms with Crippen molar-refractivity contribution in [1.29, 1.82) is 0 Å². The third-order valence-electron chi connectivity index (χ3n) is 13.3. The van der Waals surface area contributed by atoms with Gasteiger partial charge >= 0.3 is 41.9 Å². The zero-order chi connectivity index (χ0) is 38.7. The second-order valence-corrected chi connectivity index (χ2v) is 26.5. The Bertz CT molecular complexity index is 2430. The minimum atomic E-state index is 0. The molecule has 0 aliphatic heterocycles. The van der Waals surface area contributed by atoms with E-state index in [0.717, 1.165) is 0 Å². The van der Waals surface area contributed by atoms with Gasteiger partial charge in [-0.2, -0.15) is 12.1 Å². The largest absolute Gasteiger partial charge is 1.00 e. The van der Waals surface area contributed by atoms with Crippen LogP contribution in [0, 0.1) is 10.8 Å². The fourth-order valence-electron chi connectivity index (χ4n) is 9.72. The van der Waals surface area contributed by atoms with Gasteiger partial charge in [0, 0.05) is 0 Å². The van der Waals surface area contributed by atoms with Gasteiger partial charge in [-0.25, -0.2) is 0 Å². The van der Waals surface area contributed by atoms with Gasteiger partial charge in [0.05, 0.1) is 0 Å². The molecule has 8 aromatic carbocycles. The van der Waals surface area contributed by atoms with Crippen LogP contribution in [0.15, 0.2) is 146 Å². The standard InChI is InChI=1S/2C26H25.C2H6Si.2ClH.Zr/c2*1-2-26(14-7-15-26)18-19-16-21-10-6-13-24(25(21)17-19)23-12-5-9-20-8-3-4-11-22(20)23;1-3-2;;;/h2*3-6,8-13,16-17H,2,7,14-15,18H2,1H3;1-2H3;2*1H;/q2*-1;;;;+2/p-2. The van der Waals surface area contributed by atoms with Crippen molar-refractivity contribution >= 4 is 48.5 Å². The molecule has 0 amide bonds. The Labute approximate surface area is 374 Å². The summed E-state index contributed by atoms with van der Waals surface area (Å²) in [5.74, 6) is 0. The summed E-state index contributed by atoms with van der Waals surface area (Å²) in [6, 6.07) is 54.0. The van der Waals surface area contributed by atoms with Crippen molar-refractivity contribution < 1.29 is 48.1 Å². The van der Waals surface area contributed by atoms with Crippen LogP contribution in [-0.2, 0) is 36.2 Å². The Balaban J connectivity index is 0.000000174. The average Bonchev–Trinajstić information content (AvgIpc) is 3.81. The summed E-state index contributed by atoms with van der Waals surface area (Å²) in [4.78, 5) is 0. The van der Waals surface area contributed by atoms with Gasteiger partial charge < -0.3 is 24.8 Å². The molecule has 0 heterocycles. The number of halogens is 2. The van der Waals surface area contributed by atoms with Crippen LogP contribution in [0.25, 0.3) is 65.3 Å². The number of hydrogen-bond donors (Lipinski definition) is 0. The van der Waals surface area contributed by atoms with Crippen molar-refractivity contribution in [2.45, 2.75) is 91.1 Å². The van der Waals surface area contributed by atoms with Gasteiger partial charge in [0.1, 0.15) is 0 Å². The van der Waals surface area contributed by atoms with E-state index in [-0.39, 0.29) is 30.2 Å². The molecule has 0 nitrogen and oxygen atoms in total. The van der Waals surface area contributed by atoms with E-state index >= 15 is 0 Å². The zero-order valence-corrected chi connectivity index (χ0v) is 39.7. The number of fused-ring (bicyclic) bond motifs is 4. The molecule has 0 unspecified atom stereocenters. The summed E-state index contributed by atoms with van der Waals surface area (Å²) in [7, 11) is 0. The monoisotopic (exact) mass is 892 g/mol. The summed E-state index contributed by atoms with van der Waals surface area (Å²) in [5.41, 5.74) is 9.83. The number of benzene rings is 6. The van der Waals surface area contributed by atoms with E-state index in [0.29, 0.717) is 10.8 Å². The van der Waals surface area contributed by atoms with Crippen LogP contribution in [0.2, 0.25) is 13.1 Å². The van der Waals surface area contributed by atoms with E-state index in [4.69, 9.17) is 0 Å². The predicted octanol–water partition coefficient (Wildman–Crippen LogP) is 9.80. The topological polar surface area (TPSA) is 0 Å². The molecule has 8 aromatic rings. The SMILES string of the molecule is CCC1(Cc2cc3c(-c4cccc5ccccc45)cccc3[cH-]2)CCC1.CCC1(Cc2cc3c(-c4cccc5ccccc45)cccc3[cH-]2)CCC1.C[Si](C)=[Zr+2].[Cl-].[Cl-]. The maximum atomic E-state index is 2.46. The third-order valence-corrected chi connectivity index (χ3v) is 13.3. The maximum absolute atomic E-state index is 2.46. The van der Waals surface area contributed by atoms with E-state index in [1.165, 1.54) is 141 Å². The smallest absolute Gasteiger partial charge is 1.00 e. The quantitative estimate of drug-likeness (QED) is 0.105. The molecule has 2 fully saturated rings. The van der Waals surface area contributed by atoms with Crippen molar-refractivity contribution in [2.75, 3.05) is 0 Å². The van der Waals surface area contributed by atoms with Gasteiger partial charge in [-0.1, -0.05) is 148 Å². The number of hydrogen-bond acceptors (Lipinski definition) is 0. The molecule has 0 radical (unpaired) electrons. The van der Waals surface area contributed by atoms with E-state index < -0.39 is 0 Å². The summed E-state index contributed by atoms with van der Waals surface area (Å²) < 4.78 is 0. The molecule has 4 heteroatoms. The molecule has 0 saturated heterocycles. The van der Waals surface area contributed by atoms with Gasteiger partial charge in [-0.15, -0.1) is 69.1 Å². The summed E-state index contributed by atoms with van der Waals surface area (Å²) in [6.07, 6.45) is 13.5. The first kappa shape index (κ1) is 44.3. The molecule has 2 saturated carbocycles. The Morgan fingerprint density at radius 1 is 0.483 bits per heavy atom. The van der Waals surface area contributed by atoms with Gasteiger partial charge in [-0.05, 0) is 82.0 Å². The van der Waals surface area contributed by atoms with Crippen LogP contribution in [0.1, 0.15) is 76.3 Å². The second kappa shape index (κ2) is 19.4. The van der Waals surface area contributed by atoms with Crippen molar-refractivity contribution in [2.24, 2.45) is 10.8 Å². The summed E-state index contributed by atoms with van der Waals surface area (Å²) in [5, 5.41) is 10.9. The zero-order valence-electron chi connectivity index (χ0n) is 34.7. The molecular weight excluding hydrogens is 839 g/mol. The van der Waals surface area contributed by atoms with E-state index in [9.17, 15) is 0 Å². The van der Waals surface area contributed by atoms with Gasteiger partial charge in [0.15, 0.2) is 0 Å². The molecule has 0 aromatic heterocycles. The fraction of sp³-hybridized carbons (Fsp3) is 0.296. The molecule has 296 valence electrons. The molecule has 0 atom stereocenters. The molecule has 2 aliphatic carbocycles. The van der Waals surface area contributed by atoms with Gasteiger partial charge in [-0.3, -0.25) is 0 Å². The minimum absolute atomic E-state index is 0. The Morgan fingerprint density at radius 3 is 1.16 bits per heavy atom. The summed E-state index contributed by atoms with van der Waals surface area (Å²) in [6.45, 7) is 9.35. The van der Waals surface area contributed by atoms with Crippen molar-refractivity contribution in [3.63, 3.8) is 0 Å². The third kappa shape index (κ3) is 9.37. The fourth-order valence-corrected chi connectivity index (χ4v) is 9.72. The second-order valence-electron chi connectivity index (χ2n) is 17.2. The minimum Gasteiger partial charge on any atom is -1.00 e. The van der Waals surface area contributed by atoms with Crippen LogP contribution >= 0.6 is 0 Å². The maximum Gasteiger partial charge on any atom is -1.00 e. The van der Waals surface area contributed by atoms with Gasteiger partial charge in [0.25, 0.3) is 0 Å². The Kier molecular flexibility index (Phi) is 14.8. The van der Waals surface area contributed by atoms with Crippen molar-refractivity contribution in [3.05, 3.63) is 157 Å². The van der Waals surface area contributed by atoms with E-state index in [2.05, 4.69) is 173 Å². The molecule has 58 heavy (non-hydrogen) atoms. The number of rotatable bonds is 8.